The summed E-state index contributed by atoms with van der Waals surface area (Å²) < 4.78 is 10.4. The third kappa shape index (κ3) is 3.36. The third-order valence-corrected chi connectivity index (χ3v) is 2.20. The van der Waals surface area contributed by atoms with E-state index in [1.807, 2.05) is 18.2 Å². The van der Waals surface area contributed by atoms with Crippen LogP contribution in [-0.4, -0.2) is 25.3 Å². The summed E-state index contributed by atoms with van der Waals surface area (Å²) in [5.41, 5.74) is 0.587. The van der Waals surface area contributed by atoms with Crippen molar-refractivity contribution in [3.8, 4) is 0 Å². The molecule has 3 nitrogen and oxygen atoms in total. The van der Waals surface area contributed by atoms with E-state index in [9.17, 15) is 4.79 Å². The summed E-state index contributed by atoms with van der Waals surface area (Å²) in [4.78, 5) is 11.4. The molecule has 0 bridgehead atoms. The van der Waals surface area contributed by atoms with Crippen LogP contribution in [0.4, 0.5) is 0 Å². The lowest BCUT2D eigenvalue weighted by molar-refractivity contribution is 0.0286. The van der Waals surface area contributed by atoms with Crippen molar-refractivity contribution in [2.45, 2.75) is 18.9 Å². The Kier molecular flexibility index (Phi) is 3.35. The van der Waals surface area contributed by atoms with Gasteiger partial charge in [-0.3, -0.25) is 0 Å². The van der Waals surface area contributed by atoms with Crippen LogP contribution >= 0.6 is 0 Å². The molecule has 80 valence electrons. The molecule has 1 aliphatic carbocycles. The summed E-state index contributed by atoms with van der Waals surface area (Å²) in [6.07, 6.45) is 2.71. The van der Waals surface area contributed by atoms with E-state index in [2.05, 4.69) is 0 Å². The maximum atomic E-state index is 11.4. The van der Waals surface area contributed by atoms with Gasteiger partial charge < -0.3 is 9.47 Å². The Hall–Kier alpha value is -1.35. The van der Waals surface area contributed by atoms with Crippen LogP contribution < -0.4 is 0 Å². The van der Waals surface area contributed by atoms with Crippen molar-refractivity contribution < 1.29 is 14.3 Å². The SMILES string of the molecule is O=C(OCCOC1CC1)c1ccccc1. The molecule has 0 unspecified atom stereocenters. The van der Waals surface area contributed by atoms with Crippen molar-refractivity contribution in [3.63, 3.8) is 0 Å². The van der Waals surface area contributed by atoms with Crippen molar-refractivity contribution in [2.24, 2.45) is 0 Å². The Morgan fingerprint density at radius 1 is 1.20 bits per heavy atom. The highest BCUT2D eigenvalue weighted by Crippen LogP contribution is 2.22. The van der Waals surface area contributed by atoms with Crippen molar-refractivity contribution in [1.29, 1.82) is 0 Å². The van der Waals surface area contributed by atoms with E-state index in [4.69, 9.17) is 9.47 Å². The molecular formula is C12H14O3. The quantitative estimate of drug-likeness (QED) is 0.546. The second-order valence-corrected chi connectivity index (χ2v) is 3.57. The van der Waals surface area contributed by atoms with Crippen LogP contribution in [-0.2, 0) is 9.47 Å². The average molecular weight is 206 g/mol. The predicted octanol–water partition coefficient (Wildman–Crippen LogP) is 2.02. The molecule has 0 radical (unpaired) electrons. The molecule has 0 saturated heterocycles. The zero-order valence-electron chi connectivity index (χ0n) is 8.52. The molecule has 1 saturated carbocycles. The van der Waals surface area contributed by atoms with Crippen LogP contribution in [0.15, 0.2) is 30.3 Å². The maximum Gasteiger partial charge on any atom is 0.338 e. The average Bonchev–Trinajstić information content (AvgIpc) is 3.09. The van der Waals surface area contributed by atoms with Gasteiger partial charge in [0.15, 0.2) is 0 Å². The smallest absolute Gasteiger partial charge is 0.338 e. The van der Waals surface area contributed by atoms with E-state index >= 15 is 0 Å². The van der Waals surface area contributed by atoms with Gasteiger partial charge in [0, 0.05) is 0 Å². The van der Waals surface area contributed by atoms with Crippen molar-refractivity contribution in [1.82, 2.24) is 0 Å². The van der Waals surface area contributed by atoms with Gasteiger partial charge in [-0.15, -0.1) is 0 Å². The van der Waals surface area contributed by atoms with E-state index in [0.717, 1.165) is 12.8 Å². The van der Waals surface area contributed by atoms with Gasteiger partial charge in [0.05, 0.1) is 18.3 Å². The monoisotopic (exact) mass is 206 g/mol. The third-order valence-electron chi connectivity index (χ3n) is 2.20. The fraction of sp³-hybridized carbons (Fsp3) is 0.417. The van der Waals surface area contributed by atoms with Gasteiger partial charge in [-0.1, -0.05) is 18.2 Å². The molecule has 3 heteroatoms. The Balaban J connectivity index is 1.67. The minimum Gasteiger partial charge on any atom is -0.460 e. The van der Waals surface area contributed by atoms with Crippen LogP contribution in [0.1, 0.15) is 23.2 Å². The second-order valence-electron chi connectivity index (χ2n) is 3.57. The van der Waals surface area contributed by atoms with Gasteiger partial charge >= 0.3 is 5.97 Å². The minimum atomic E-state index is -0.282. The van der Waals surface area contributed by atoms with Gasteiger partial charge in [0.1, 0.15) is 6.61 Å². The van der Waals surface area contributed by atoms with Crippen molar-refractivity contribution >= 4 is 5.97 Å². The summed E-state index contributed by atoms with van der Waals surface area (Å²) in [5.74, 6) is -0.282. The zero-order chi connectivity index (χ0) is 10.5. The fourth-order valence-electron chi connectivity index (χ4n) is 1.24. The highest BCUT2D eigenvalue weighted by molar-refractivity contribution is 5.89. The van der Waals surface area contributed by atoms with E-state index in [0.29, 0.717) is 24.9 Å². The molecule has 0 spiro atoms. The Morgan fingerprint density at radius 3 is 2.60 bits per heavy atom. The number of hydrogen-bond donors (Lipinski definition) is 0. The van der Waals surface area contributed by atoms with E-state index in [-0.39, 0.29) is 5.97 Å². The number of rotatable bonds is 5. The molecule has 1 aromatic carbocycles. The topological polar surface area (TPSA) is 35.5 Å². The van der Waals surface area contributed by atoms with Gasteiger partial charge in [-0.2, -0.15) is 0 Å². The normalized spacial score (nSPS) is 14.9. The lowest BCUT2D eigenvalue weighted by Gasteiger charge is -2.04. The summed E-state index contributed by atoms with van der Waals surface area (Å²) in [5, 5.41) is 0. The standard InChI is InChI=1S/C12H14O3/c13-12(10-4-2-1-3-5-10)15-9-8-14-11-6-7-11/h1-5,11H,6-9H2. The largest absolute Gasteiger partial charge is 0.460 e. The molecular weight excluding hydrogens is 192 g/mol. The Labute approximate surface area is 89.0 Å². The number of hydrogen-bond acceptors (Lipinski definition) is 3. The van der Waals surface area contributed by atoms with Crippen LogP contribution in [0.2, 0.25) is 0 Å². The first kappa shape index (κ1) is 10.2. The van der Waals surface area contributed by atoms with Gasteiger partial charge in [0.2, 0.25) is 0 Å². The zero-order valence-corrected chi connectivity index (χ0v) is 8.52. The number of carbonyl (C=O) groups excluding carboxylic acids is 1. The highest BCUT2D eigenvalue weighted by Gasteiger charge is 2.21. The number of esters is 1. The summed E-state index contributed by atoms with van der Waals surface area (Å²) in [6, 6.07) is 8.98. The maximum absolute atomic E-state index is 11.4. The molecule has 1 fully saturated rings. The molecule has 1 aliphatic rings. The molecule has 0 aromatic heterocycles. The molecule has 0 aliphatic heterocycles. The van der Waals surface area contributed by atoms with Gasteiger partial charge in [-0.05, 0) is 25.0 Å². The number of ether oxygens (including phenoxy) is 2. The van der Waals surface area contributed by atoms with Crippen LogP contribution in [0.5, 0.6) is 0 Å². The molecule has 0 atom stereocenters. The van der Waals surface area contributed by atoms with Crippen LogP contribution in [0.25, 0.3) is 0 Å². The number of carbonyl (C=O) groups is 1. The van der Waals surface area contributed by atoms with Crippen molar-refractivity contribution in [3.05, 3.63) is 35.9 Å². The molecule has 15 heavy (non-hydrogen) atoms. The van der Waals surface area contributed by atoms with Crippen molar-refractivity contribution in [2.75, 3.05) is 13.2 Å². The molecule has 0 heterocycles. The minimum absolute atomic E-state index is 0.282. The summed E-state index contributed by atoms with van der Waals surface area (Å²) in [7, 11) is 0. The second kappa shape index (κ2) is 4.94. The predicted molar refractivity (Wildman–Crippen MR) is 55.7 cm³/mol. The lowest BCUT2D eigenvalue weighted by atomic mass is 10.2. The van der Waals surface area contributed by atoms with Gasteiger partial charge in [0.25, 0.3) is 0 Å². The van der Waals surface area contributed by atoms with E-state index < -0.39 is 0 Å². The first-order valence-corrected chi connectivity index (χ1v) is 5.20. The van der Waals surface area contributed by atoms with E-state index in [1.54, 1.807) is 12.1 Å². The Bertz CT molecular complexity index is 317. The lowest BCUT2D eigenvalue weighted by Crippen LogP contribution is -2.11. The fourth-order valence-corrected chi connectivity index (χ4v) is 1.24. The van der Waals surface area contributed by atoms with Crippen LogP contribution in [0.3, 0.4) is 0 Å². The number of benzene rings is 1. The summed E-state index contributed by atoms with van der Waals surface area (Å²) >= 11 is 0. The van der Waals surface area contributed by atoms with Crippen LogP contribution in [0, 0.1) is 0 Å². The van der Waals surface area contributed by atoms with E-state index in [1.165, 1.54) is 0 Å². The highest BCUT2D eigenvalue weighted by atomic mass is 16.6. The first-order valence-electron chi connectivity index (χ1n) is 5.20. The summed E-state index contributed by atoms with van der Waals surface area (Å²) in [6.45, 7) is 0.841. The molecule has 0 N–H and O–H groups in total. The Morgan fingerprint density at radius 2 is 1.93 bits per heavy atom. The molecule has 0 amide bonds. The molecule has 1 aromatic rings. The van der Waals surface area contributed by atoms with Gasteiger partial charge in [-0.25, -0.2) is 4.79 Å². The first-order chi connectivity index (χ1) is 7.36. The molecule has 2 rings (SSSR count).